The Morgan fingerprint density at radius 3 is 2.67 bits per heavy atom. The van der Waals surface area contributed by atoms with Crippen LogP contribution in [0.3, 0.4) is 0 Å². The van der Waals surface area contributed by atoms with Crippen LogP contribution < -0.4 is 0 Å². The van der Waals surface area contributed by atoms with Crippen LogP contribution in [-0.4, -0.2) is 32.0 Å². The van der Waals surface area contributed by atoms with Crippen LogP contribution in [0.2, 0.25) is 0 Å². The summed E-state index contributed by atoms with van der Waals surface area (Å²) in [5.74, 6) is 2.03. The lowest BCUT2D eigenvalue weighted by atomic mass is 9.93. The van der Waals surface area contributed by atoms with Crippen molar-refractivity contribution in [2.75, 3.05) is 0 Å². The van der Waals surface area contributed by atoms with Gasteiger partial charge in [-0.05, 0) is 56.2 Å². The summed E-state index contributed by atoms with van der Waals surface area (Å²) in [6, 6.07) is 10.8. The molecule has 1 aliphatic rings. The van der Waals surface area contributed by atoms with Crippen molar-refractivity contribution in [2.24, 2.45) is 11.8 Å². The number of nitrogens with zero attached hydrogens (tertiary/aromatic N) is 6. The number of nitriles is 1. The molecule has 5 rings (SSSR count). The molecule has 0 radical (unpaired) electrons. The highest BCUT2D eigenvalue weighted by atomic mass is 32.2. The molecule has 4 aromatic rings. The lowest BCUT2D eigenvalue weighted by molar-refractivity contribution is 0.440. The van der Waals surface area contributed by atoms with Gasteiger partial charge in [-0.1, -0.05) is 31.0 Å². The Balaban J connectivity index is 1.61. The molecule has 0 amide bonds. The van der Waals surface area contributed by atoms with Crippen molar-refractivity contribution in [1.29, 1.82) is 5.26 Å². The third-order valence-electron chi connectivity index (χ3n) is 6.95. The molecule has 1 aliphatic carbocycles. The second-order valence-electron chi connectivity index (χ2n) is 8.96. The normalized spacial score (nSPS) is 21.1. The molecule has 1 aromatic carbocycles. The van der Waals surface area contributed by atoms with Gasteiger partial charge in [0.15, 0.2) is 11.3 Å². The largest absolute Gasteiger partial charge is 0.274 e. The van der Waals surface area contributed by atoms with Gasteiger partial charge in [0.1, 0.15) is 5.82 Å². The molecule has 1 saturated carbocycles. The summed E-state index contributed by atoms with van der Waals surface area (Å²) in [6.07, 6.45) is 7.69. The maximum Gasteiger partial charge on any atom is 0.269 e. The maximum absolute atomic E-state index is 13.3. The summed E-state index contributed by atoms with van der Waals surface area (Å²) in [5, 5.41) is 17.9. The van der Waals surface area contributed by atoms with E-state index in [4.69, 9.17) is 5.26 Å². The second kappa shape index (κ2) is 8.27. The number of aromatic nitrogens is 5. The van der Waals surface area contributed by atoms with Gasteiger partial charge in [0.05, 0.1) is 22.7 Å². The van der Waals surface area contributed by atoms with Gasteiger partial charge < -0.3 is 0 Å². The highest BCUT2D eigenvalue weighted by Gasteiger charge is 2.37. The van der Waals surface area contributed by atoms with Crippen LogP contribution in [0.25, 0.3) is 16.8 Å². The number of fused-ring (bicyclic) bond motifs is 3. The van der Waals surface area contributed by atoms with Crippen LogP contribution >= 0.6 is 0 Å². The van der Waals surface area contributed by atoms with Gasteiger partial charge in [-0.15, -0.1) is 10.2 Å². The Hall–Kier alpha value is -3.25. The van der Waals surface area contributed by atoms with Crippen LogP contribution in [0.4, 0.5) is 0 Å². The number of rotatable bonds is 6. The summed E-state index contributed by atoms with van der Waals surface area (Å²) in [5.41, 5.74) is 2.64. The first-order chi connectivity index (χ1) is 15.9. The summed E-state index contributed by atoms with van der Waals surface area (Å²) >= 11 is 0. The van der Waals surface area contributed by atoms with Gasteiger partial charge >= 0.3 is 0 Å². The zero-order valence-corrected chi connectivity index (χ0v) is 19.5. The number of hydrogen-bond acceptors (Lipinski definition) is 6. The number of hydrogen-bond donors (Lipinski definition) is 0. The van der Waals surface area contributed by atoms with E-state index in [1.807, 2.05) is 11.3 Å². The molecule has 0 bridgehead atoms. The topological polar surface area (TPSA) is 106 Å². The molecule has 0 aliphatic heterocycles. The van der Waals surface area contributed by atoms with E-state index in [1.54, 1.807) is 42.7 Å². The standard InChI is InChI=1S/C24H26N6O2S/c1-3-18-13-17(5-4-11-25)14-20(18)23-28-27-22-15-26-24-21(30(22)23)10-12-29(24)33(31,32)19-8-6-16(2)7-9-19/h6-10,12,15,17-18,20H,3-5,13-14H2,1-2H3/t17-,18-,20+/m1/s1. The zero-order chi connectivity index (χ0) is 23.2. The number of benzene rings is 1. The predicted molar refractivity (Wildman–Crippen MR) is 124 cm³/mol. The SMILES string of the molecule is CC[C@@H]1C[C@@H](CCC#N)C[C@@H]1c1nnc2cnc3c(ccn3S(=O)(=O)c3ccc(C)cc3)n12. The van der Waals surface area contributed by atoms with Gasteiger partial charge in [-0.2, -0.15) is 5.26 Å². The van der Waals surface area contributed by atoms with Crippen molar-refractivity contribution < 1.29 is 8.42 Å². The minimum Gasteiger partial charge on any atom is -0.274 e. The van der Waals surface area contributed by atoms with Crippen molar-refractivity contribution in [3.63, 3.8) is 0 Å². The molecule has 33 heavy (non-hydrogen) atoms. The molecular formula is C24H26N6O2S. The van der Waals surface area contributed by atoms with E-state index in [2.05, 4.69) is 28.2 Å². The fourth-order valence-electron chi connectivity index (χ4n) is 5.22. The van der Waals surface area contributed by atoms with E-state index in [0.29, 0.717) is 35.1 Å². The molecule has 170 valence electrons. The lowest BCUT2D eigenvalue weighted by Gasteiger charge is -2.16. The van der Waals surface area contributed by atoms with Crippen molar-refractivity contribution in [1.82, 2.24) is 23.6 Å². The summed E-state index contributed by atoms with van der Waals surface area (Å²) in [7, 11) is -3.79. The first kappa shape index (κ1) is 21.6. The lowest BCUT2D eigenvalue weighted by Crippen LogP contribution is -2.13. The molecule has 1 fully saturated rings. The van der Waals surface area contributed by atoms with E-state index in [1.165, 1.54) is 3.97 Å². The van der Waals surface area contributed by atoms with Crippen LogP contribution in [-0.2, 0) is 10.0 Å². The fourth-order valence-corrected chi connectivity index (χ4v) is 6.52. The molecule has 3 heterocycles. The summed E-state index contributed by atoms with van der Waals surface area (Å²) < 4.78 is 29.9. The average Bonchev–Trinajstić information content (AvgIpc) is 3.53. The highest BCUT2D eigenvalue weighted by Crippen LogP contribution is 2.46. The molecule has 3 atom stereocenters. The van der Waals surface area contributed by atoms with Gasteiger partial charge in [-0.3, -0.25) is 4.40 Å². The Labute approximate surface area is 192 Å². The minimum absolute atomic E-state index is 0.219. The van der Waals surface area contributed by atoms with E-state index in [9.17, 15) is 8.42 Å². The molecule has 9 heteroatoms. The van der Waals surface area contributed by atoms with Crippen molar-refractivity contribution >= 4 is 26.8 Å². The Morgan fingerprint density at radius 1 is 1.15 bits per heavy atom. The zero-order valence-electron chi connectivity index (χ0n) is 18.7. The van der Waals surface area contributed by atoms with Gasteiger partial charge in [0, 0.05) is 18.5 Å². The second-order valence-corrected chi connectivity index (χ2v) is 10.8. The van der Waals surface area contributed by atoms with E-state index < -0.39 is 10.0 Å². The van der Waals surface area contributed by atoms with Gasteiger partial charge in [0.25, 0.3) is 10.0 Å². The molecular weight excluding hydrogens is 436 g/mol. The van der Waals surface area contributed by atoms with E-state index in [-0.39, 0.29) is 10.8 Å². The molecule has 0 N–H and O–H groups in total. The van der Waals surface area contributed by atoms with Crippen molar-refractivity contribution in [3.05, 3.63) is 54.1 Å². The third-order valence-corrected chi connectivity index (χ3v) is 8.63. The molecule has 0 saturated heterocycles. The number of aryl methyl sites for hydroxylation is 1. The average molecular weight is 463 g/mol. The quantitative estimate of drug-likeness (QED) is 0.419. The summed E-state index contributed by atoms with van der Waals surface area (Å²) in [6.45, 7) is 4.11. The minimum atomic E-state index is -3.79. The smallest absolute Gasteiger partial charge is 0.269 e. The van der Waals surface area contributed by atoms with Crippen LogP contribution in [0.5, 0.6) is 0 Å². The van der Waals surface area contributed by atoms with Crippen LogP contribution in [0.1, 0.15) is 56.3 Å². The predicted octanol–water partition coefficient (Wildman–Crippen LogP) is 4.45. The van der Waals surface area contributed by atoms with Crippen LogP contribution in [0.15, 0.2) is 47.6 Å². The van der Waals surface area contributed by atoms with Crippen molar-refractivity contribution in [3.8, 4) is 6.07 Å². The fraction of sp³-hybridized carbons (Fsp3) is 0.417. The molecule has 3 aromatic heterocycles. The third kappa shape index (κ3) is 3.59. The molecule has 0 unspecified atom stereocenters. The molecule has 0 spiro atoms. The highest BCUT2D eigenvalue weighted by molar-refractivity contribution is 7.90. The molecule has 8 nitrogen and oxygen atoms in total. The van der Waals surface area contributed by atoms with Gasteiger partial charge in [0.2, 0.25) is 0 Å². The van der Waals surface area contributed by atoms with Crippen molar-refractivity contribution in [2.45, 2.75) is 56.8 Å². The Bertz CT molecular complexity index is 1460. The van der Waals surface area contributed by atoms with Gasteiger partial charge in [-0.25, -0.2) is 17.4 Å². The summed E-state index contributed by atoms with van der Waals surface area (Å²) in [4.78, 5) is 4.66. The monoisotopic (exact) mass is 462 g/mol. The van der Waals surface area contributed by atoms with E-state index in [0.717, 1.165) is 37.1 Å². The van der Waals surface area contributed by atoms with E-state index >= 15 is 0 Å². The first-order valence-corrected chi connectivity index (χ1v) is 12.8. The maximum atomic E-state index is 13.3. The Morgan fingerprint density at radius 2 is 1.94 bits per heavy atom. The van der Waals surface area contributed by atoms with Crippen LogP contribution in [0, 0.1) is 30.1 Å². The Kier molecular flexibility index (Phi) is 5.41. The first-order valence-electron chi connectivity index (χ1n) is 11.3.